The van der Waals surface area contributed by atoms with Crippen molar-refractivity contribution in [2.75, 3.05) is 0 Å². The summed E-state index contributed by atoms with van der Waals surface area (Å²) in [7, 11) is 0. The molecule has 4 heteroatoms. The van der Waals surface area contributed by atoms with Crippen LogP contribution in [0.1, 0.15) is 27.2 Å². The second kappa shape index (κ2) is 6.19. The first-order valence-electron chi connectivity index (χ1n) is 5.91. The molecule has 0 spiro atoms. The molecule has 1 atom stereocenters. The number of aromatic nitrogens is 2. The summed E-state index contributed by atoms with van der Waals surface area (Å²) < 4.78 is 2.14. The molecule has 1 aliphatic rings. The molecule has 4 nitrogen and oxygen atoms in total. The van der Waals surface area contributed by atoms with Crippen molar-refractivity contribution in [1.29, 1.82) is 0 Å². The lowest BCUT2D eigenvalue weighted by molar-refractivity contribution is -0.134. The van der Waals surface area contributed by atoms with Gasteiger partial charge in [-0.2, -0.15) is 0 Å². The number of carboxylic acids is 1. The van der Waals surface area contributed by atoms with Gasteiger partial charge in [-0.05, 0) is 13.3 Å². The minimum atomic E-state index is -0.833. The molecule has 1 aromatic rings. The Labute approximate surface area is 108 Å². The number of imidazole rings is 1. The van der Waals surface area contributed by atoms with Gasteiger partial charge in [0.2, 0.25) is 0 Å². The predicted molar refractivity (Wildman–Crippen MR) is 71.2 cm³/mol. The molecular weight excluding hydrogens is 228 g/mol. The van der Waals surface area contributed by atoms with E-state index in [2.05, 4.69) is 41.6 Å². The van der Waals surface area contributed by atoms with E-state index in [0.717, 1.165) is 19.9 Å². The summed E-state index contributed by atoms with van der Waals surface area (Å²) in [6, 6.07) is 0. The van der Waals surface area contributed by atoms with Crippen LogP contribution in [-0.4, -0.2) is 20.6 Å². The molecule has 1 unspecified atom stereocenters. The highest BCUT2D eigenvalue weighted by Crippen LogP contribution is 2.32. The van der Waals surface area contributed by atoms with Crippen LogP contribution in [0, 0.1) is 5.41 Å². The summed E-state index contributed by atoms with van der Waals surface area (Å²) in [5, 5.41) is 7.42. The van der Waals surface area contributed by atoms with Gasteiger partial charge < -0.3 is 9.67 Å². The van der Waals surface area contributed by atoms with Gasteiger partial charge in [-0.1, -0.05) is 30.7 Å². The van der Waals surface area contributed by atoms with Crippen LogP contribution in [0.2, 0.25) is 0 Å². The minimum absolute atomic E-state index is 0.250. The minimum Gasteiger partial charge on any atom is -0.481 e. The molecule has 0 fully saturated rings. The first-order chi connectivity index (χ1) is 8.41. The van der Waals surface area contributed by atoms with E-state index in [9.17, 15) is 0 Å². The number of carboxylic acid groups (broad SMARTS) is 1. The number of nitrogens with zero attached hydrogens (tertiary/aromatic N) is 2. The number of aliphatic carboxylic acids is 1. The third-order valence-corrected chi connectivity index (χ3v) is 2.66. The lowest BCUT2D eigenvalue weighted by atomic mass is 9.80. The Morgan fingerprint density at radius 1 is 1.61 bits per heavy atom. The van der Waals surface area contributed by atoms with Crippen molar-refractivity contribution in [3.8, 4) is 0 Å². The monoisotopic (exact) mass is 248 g/mol. The van der Waals surface area contributed by atoms with E-state index in [1.807, 2.05) is 18.7 Å². The average molecular weight is 248 g/mol. The van der Waals surface area contributed by atoms with E-state index in [-0.39, 0.29) is 5.41 Å². The Balaban J connectivity index is 0.000000357. The average Bonchev–Trinajstić information content (AvgIpc) is 2.67. The van der Waals surface area contributed by atoms with E-state index in [4.69, 9.17) is 9.90 Å². The second-order valence-corrected chi connectivity index (χ2v) is 4.96. The van der Waals surface area contributed by atoms with E-state index < -0.39 is 5.97 Å². The van der Waals surface area contributed by atoms with E-state index in [1.165, 1.54) is 5.57 Å². The fraction of sp³-hybridized carbons (Fsp3) is 0.429. The number of allylic oxidation sites excluding steroid dienone is 4. The molecule has 0 saturated heterocycles. The highest BCUT2D eigenvalue weighted by molar-refractivity contribution is 5.62. The molecule has 98 valence electrons. The Morgan fingerprint density at radius 2 is 2.28 bits per heavy atom. The van der Waals surface area contributed by atoms with Crippen molar-refractivity contribution >= 4 is 5.97 Å². The summed E-state index contributed by atoms with van der Waals surface area (Å²) in [6.45, 7) is 6.57. The van der Waals surface area contributed by atoms with E-state index in [1.54, 1.807) is 0 Å². The first-order valence-corrected chi connectivity index (χ1v) is 5.91. The number of carbonyl (C=O) groups is 1. The maximum absolute atomic E-state index is 9.00. The van der Waals surface area contributed by atoms with Crippen LogP contribution >= 0.6 is 0 Å². The van der Waals surface area contributed by atoms with Crippen LogP contribution in [0.25, 0.3) is 0 Å². The maximum Gasteiger partial charge on any atom is 0.300 e. The molecule has 1 heterocycles. The second-order valence-electron chi connectivity index (χ2n) is 4.96. The first kappa shape index (κ1) is 14.2. The fourth-order valence-corrected chi connectivity index (χ4v) is 2.11. The fourth-order valence-electron chi connectivity index (χ4n) is 2.11. The zero-order valence-corrected chi connectivity index (χ0v) is 11.1. The number of hydrogen-bond acceptors (Lipinski definition) is 2. The molecule has 1 aliphatic carbocycles. The Kier molecular flexibility index (Phi) is 4.89. The third kappa shape index (κ3) is 4.99. The van der Waals surface area contributed by atoms with Gasteiger partial charge in [-0.15, -0.1) is 0 Å². The topological polar surface area (TPSA) is 55.1 Å². The van der Waals surface area contributed by atoms with Gasteiger partial charge in [0.05, 0.1) is 6.33 Å². The summed E-state index contributed by atoms with van der Waals surface area (Å²) in [5.41, 5.74) is 1.70. The molecule has 2 rings (SSSR count). The van der Waals surface area contributed by atoms with E-state index >= 15 is 0 Å². The molecule has 0 aromatic carbocycles. The SMILES string of the molecule is CC(=O)O.CC1=CC=CC(C)(Cn2ccnc2)C1. The largest absolute Gasteiger partial charge is 0.481 e. The summed E-state index contributed by atoms with van der Waals surface area (Å²) in [5.74, 6) is -0.833. The van der Waals surface area contributed by atoms with Gasteiger partial charge in [0, 0.05) is 31.3 Å². The maximum atomic E-state index is 9.00. The Bertz CT molecular complexity index is 442. The van der Waals surface area contributed by atoms with Crippen molar-refractivity contribution in [1.82, 2.24) is 9.55 Å². The van der Waals surface area contributed by atoms with Crippen LogP contribution in [0.4, 0.5) is 0 Å². The smallest absolute Gasteiger partial charge is 0.300 e. The lowest BCUT2D eigenvalue weighted by Gasteiger charge is -2.29. The van der Waals surface area contributed by atoms with Crippen molar-refractivity contribution in [2.24, 2.45) is 5.41 Å². The lowest BCUT2D eigenvalue weighted by Crippen LogP contribution is -2.22. The van der Waals surface area contributed by atoms with Crippen LogP contribution in [0.5, 0.6) is 0 Å². The van der Waals surface area contributed by atoms with Gasteiger partial charge in [0.25, 0.3) is 5.97 Å². The molecule has 0 radical (unpaired) electrons. The Hall–Kier alpha value is -1.84. The molecule has 1 N–H and O–H groups in total. The van der Waals surface area contributed by atoms with Crippen LogP contribution in [-0.2, 0) is 11.3 Å². The van der Waals surface area contributed by atoms with Gasteiger partial charge in [-0.25, -0.2) is 4.98 Å². The molecule has 0 bridgehead atoms. The van der Waals surface area contributed by atoms with Crippen molar-refractivity contribution in [3.05, 3.63) is 42.5 Å². The zero-order chi connectivity index (χ0) is 13.6. The summed E-state index contributed by atoms with van der Waals surface area (Å²) in [6.07, 6.45) is 13.5. The van der Waals surface area contributed by atoms with Gasteiger partial charge >= 0.3 is 0 Å². The third-order valence-electron chi connectivity index (χ3n) is 2.66. The molecule has 0 saturated carbocycles. The van der Waals surface area contributed by atoms with Crippen LogP contribution in [0.15, 0.2) is 42.5 Å². The van der Waals surface area contributed by atoms with E-state index in [0.29, 0.717) is 0 Å². The quantitative estimate of drug-likeness (QED) is 0.875. The molecular formula is C14H20N2O2. The van der Waals surface area contributed by atoms with Gasteiger partial charge in [0.15, 0.2) is 0 Å². The summed E-state index contributed by atoms with van der Waals surface area (Å²) in [4.78, 5) is 13.1. The van der Waals surface area contributed by atoms with Crippen LogP contribution in [0.3, 0.4) is 0 Å². The standard InChI is InChI=1S/C12H16N2.C2H4O2/c1-11-4-3-5-12(2,8-11)9-14-7-6-13-10-14;1-2(3)4/h3-7,10H,8-9H2,1-2H3;1H3,(H,3,4). The molecule has 18 heavy (non-hydrogen) atoms. The Morgan fingerprint density at radius 3 is 2.78 bits per heavy atom. The van der Waals surface area contributed by atoms with Crippen molar-refractivity contribution in [2.45, 2.75) is 33.7 Å². The predicted octanol–water partition coefficient (Wildman–Crippen LogP) is 2.89. The normalized spacial score (nSPS) is 21.8. The molecule has 1 aromatic heterocycles. The highest BCUT2D eigenvalue weighted by atomic mass is 16.4. The summed E-state index contributed by atoms with van der Waals surface area (Å²) >= 11 is 0. The van der Waals surface area contributed by atoms with Gasteiger partial charge in [-0.3, -0.25) is 4.79 Å². The zero-order valence-electron chi connectivity index (χ0n) is 11.1. The highest BCUT2D eigenvalue weighted by Gasteiger charge is 2.23. The van der Waals surface area contributed by atoms with Gasteiger partial charge in [0.1, 0.15) is 0 Å². The van der Waals surface area contributed by atoms with Crippen molar-refractivity contribution in [3.63, 3.8) is 0 Å². The molecule has 0 aliphatic heterocycles. The number of hydrogen-bond donors (Lipinski definition) is 1. The van der Waals surface area contributed by atoms with Crippen LogP contribution < -0.4 is 0 Å². The number of rotatable bonds is 2. The molecule has 0 amide bonds. The van der Waals surface area contributed by atoms with Crippen molar-refractivity contribution < 1.29 is 9.90 Å².